The molecule has 0 radical (unpaired) electrons. The normalized spacial score (nSPS) is 17.6. The number of benzene rings is 2. The van der Waals surface area contributed by atoms with Crippen LogP contribution in [0.2, 0.25) is 0 Å². The van der Waals surface area contributed by atoms with E-state index in [1.165, 1.54) is 5.56 Å². The Balaban J connectivity index is 1.96. The van der Waals surface area contributed by atoms with Gasteiger partial charge in [-0.1, -0.05) is 24.3 Å². The highest BCUT2D eigenvalue weighted by atomic mass is 16.5. The van der Waals surface area contributed by atoms with Crippen molar-refractivity contribution in [3.63, 3.8) is 0 Å². The van der Waals surface area contributed by atoms with Crippen molar-refractivity contribution in [2.45, 2.75) is 18.8 Å². The Bertz CT molecular complexity index is 712. The van der Waals surface area contributed by atoms with Gasteiger partial charge in [-0.05, 0) is 53.5 Å². The van der Waals surface area contributed by atoms with Crippen LogP contribution in [0.5, 0.6) is 11.5 Å². The van der Waals surface area contributed by atoms with Crippen LogP contribution in [0.4, 0.5) is 0 Å². The lowest BCUT2D eigenvalue weighted by molar-refractivity contribution is -0.114. The van der Waals surface area contributed by atoms with Crippen molar-refractivity contribution >= 4 is 11.4 Å². The van der Waals surface area contributed by atoms with Gasteiger partial charge in [0.05, 0.1) is 14.2 Å². The molecule has 1 aliphatic carbocycles. The van der Waals surface area contributed by atoms with E-state index in [1.807, 2.05) is 36.4 Å². The van der Waals surface area contributed by atoms with E-state index in [0.717, 1.165) is 29.1 Å². The average molecular weight is 308 g/mol. The molecular formula is C20H20O3. The molecule has 0 aromatic heterocycles. The van der Waals surface area contributed by atoms with Crippen molar-refractivity contribution in [2.75, 3.05) is 14.2 Å². The van der Waals surface area contributed by atoms with Crippen molar-refractivity contribution < 1.29 is 14.3 Å². The Labute approximate surface area is 136 Å². The Morgan fingerprint density at radius 2 is 1.43 bits per heavy atom. The van der Waals surface area contributed by atoms with Crippen LogP contribution >= 0.6 is 0 Å². The first-order valence-corrected chi connectivity index (χ1v) is 7.74. The summed E-state index contributed by atoms with van der Waals surface area (Å²) >= 11 is 0. The van der Waals surface area contributed by atoms with E-state index in [2.05, 4.69) is 12.1 Å². The predicted octanol–water partition coefficient (Wildman–Crippen LogP) is 4.23. The summed E-state index contributed by atoms with van der Waals surface area (Å²) in [4.78, 5) is 11.9. The summed E-state index contributed by atoms with van der Waals surface area (Å²) in [5.74, 6) is 2.08. The molecule has 1 aliphatic rings. The van der Waals surface area contributed by atoms with Crippen LogP contribution in [-0.4, -0.2) is 20.0 Å². The van der Waals surface area contributed by atoms with Gasteiger partial charge >= 0.3 is 0 Å². The lowest BCUT2D eigenvalue weighted by atomic mass is 9.79. The van der Waals surface area contributed by atoms with E-state index in [0.29, 0.717) is 6.42 Å². The zero-order valence-corrected chi connectivity index (χ0v) is 13.4. The Morgan fingerprint density at radius 3 is 2.00 bits per heavy atom. The van der Waals surface area contributed by atoms with Crippen LogP contribution in [0.3, 0.4) is 0 Å². The van der Waals surface area contributed by atoms with Crippen LogP contribution in [0.1, 0.15) is 29.9 Å². The summed E-state index contributed by atoms with van der Waals surface area (Å²) in [5.41, 5.74) is 3.36. The summed E-state index contributed by atoms with van der Waals surface area (Å²) < 4.78 is 10.4. The lowest BCUT2D eigenvalue weighted by Gasteiger charge is -2.25. The van der Waals surface area contributed by atoms with Crippen molar-refractivity contribution in [1.82, 2.24) is 0 Å². The molecule has 0 heterocycles. The Morgan fingerprint density at radius 1 is 0.870 bits per heavy atom. The molecule has 3 rings (SSSR count). The largest absolute Gasteiger partial charge is 0.497 e. The Kier molecular flexibility index (Phi) is 4.47. The summed E-state index contributed by atoms with van der Waals surface area (Å²) in [6, 6.07) is 16.0. The van der Waals surface area contributed by atoms with Gasteiger partial charge in [0.25, 0.3) is 0 Å². The number of methoxy groups -OCH3 is 2. The number of carbonyl (C=O) groups excluding carboxylic acids is 1. The fraction of sp³-hybridized carbons (Fsp3) is 0.250. The maximum atomic E-state index is 11.9. The van der Waals surface area contributed by atoms with E-state index >= 15 is 0 Å². The molecule has 0 N–H and O–H groups in total. The maximum absolute atomic E-state index is 11.9. The molecule has 3 nitrogen and oxygen atoms in total. The molecule has 1 atom stereocenters. The minimum atomic E-state index is 0.195. The number of hydrogen-bond donors (Lipinski definition) is 0. The summed E-state index contributed by atoms with van der Waals surface area (Å²) in [5, 5.41) is 0. The number of ketones is 1. The van der Waals surface area contributed by atoms with Crippen LogP contribution in [0.25, 0.3) is 5.57 Å². The first-order chi connectivity index (χ1) is 11.2. The molecule has 0 saturated carbocycles. The third-order valence-electron chi connectivity index (χ3n) is 4.31. The number of rotatable bonds is 4. The standard InChI is InChI=1S/C20H20O3/c1-22-17-8-3-14(4-9-17)19-12-7-16(21)13-20(19)15-5-10-18(23-2)11-6-15/h3-6,8-11,13,19H,7,12H2,1-2H3. The van der Waals surface area contributed by atoms with Crippen LogP contribution in [-0.2, 0) is 4.79 Å². The maximum Gasteiger partial charge on any atom is 0.156 e. The topological polar surface area (TPSA) is 35.5 Å². The predicted molar refractivity (Wildman–Crippen MR) is 90.9 cm³/mol. The SMILES string of the molecule is COc1ccc(C2=CC(=O)CCC2c2ccc(OC)cc2)cc1. The highest BCUT2D eigenvalue weighted by molar-refractivity contribution is 6.00. The smallest absolute Gasteiger partial charge is 0.156 e. The second kappa shape index (κ2) is 6.69. The van der Waals surface area contributed by atoms with E-state index in [4.69, 9.17) is 9.47 Å². The fourth-order valence-corrected chi connectivity index (χ4v) is 3.04. The first-order valence-electron chi connectivity index (χ1n) is 7.74. The highest BCUT2D eigenvalue weighted by Gasteiger charge is 2.24. The third-order valence-corrected chi connectivity index (χ3v) is 4.31. The third kappa shape index (κ3) is 3.29. The van der Waals surface area contributed by atoms with E-state index in [9.17, 15) is 4.79 Å². The average Bonchev–Trinajstić information content (AvgIpc) is 2.62. The molecule has 118 valence electrons. The molecule has 0 amide bonds. The minimum Gasteiger partial charge on any atom is -0.497 e. The zero-order chi connectivity index (χ0) is 16.2. The van der Waals surface area contributed by atoms with Crippen molar-refractivity contribution in [2.24, 2.45) is 0 Å². The van der Waals surface area contributed by atoms with Crippen LogP contribution in [0.15, 0.2) is 54.6 Å². The molecule has 0 bridgehead atoms. The molecule has 23 heavy (non-hydrogen) atoms. The molecule has 3 heteroatoms. The molecule has 0 saturated heterocycles. The number of carbonyl (C=O) groups is 1. The number of hydrogen-bond acceptors (Lipinski definition) is 3. The molecule has 0 spiro atoms. The van der Waals surface area contributed by atoms with Gasteiger partial charge in [-0.25, -0.2) is 0 Å². The van der Waals surface area contributed by atoms with Gasteiger partial charge in [0.2, 0.25) is 0 Å². The summed E-state index contributed by atoms with van der Waals surface area (Å²) in [6.07, 6.45) is 3.22. The monoisotopic (exact) mass is 308 g/mol. The van der Waals surface area contributed by atoms with Gasteiger partial charge in [-0.15, -0.1) is 0 Å². The summed E-state index contributed by atoms with van der Waals surface area (Å²) in [6.45, 7) is 0. The molecule has 2 aromatic carbocycles. The van der Waals surface area contributed by atoms with Gasteiger partial charge in [-0.2, -0.15) is 0 Å². The lowest BCUT2D eigenvalue weighted by Crippen LogP contribution is -2.12. The second-order valence-electron chi connectivity index (χ2n) is 5.66. The van der Waals surface area contributed by atoms with Crippen LogP contribution in [0, 0.1) is 0 Å². The zero-order valence-electron chi connectivity index (χ0n) is 13.4. The second-order valence-corrected chi connectivity index (χ2v) is 5.66. The first kappa shape index (κ1) is 15.3. The molecule has 0 fully saturated rings. The van der Waals surface area contributed by atoms with E-state index in [1.54, 1.807) is 20.3 Å². The van der Waals surface area contributed by atoms with Crippen molar-refractivity contribution in [3.8, 4) is 11.5 Å². The van der Waals surface area contributed by atoms with Gasteiger partial charge in [-0.3, -0.25) is 4.79 Å². The molecule has 1 unspecified atom stereocenters. The van der Waals surface area contributed by atoms with E-state index in [-0.39, 0.29) is 11.7 Å². The minimum absolute atomic E-state index is 0.195. The summed E-state index contributed by atoms with van der Waals surface area (Å²) in [7, 11) is 3.32. The molecular weight excluding hydrogens is 288 g/mol. The van der Waals surface area contributed by atoms with Gasteiger partial charge in [0.1, 0.15) is 11.5 Å². The number of allylic oxidation sites excluding steroid dienone is 2. The van der Waals surface area contributed by atoms with E-state index < -0.39 is 0 Å². The quantitative estimate of drug-likeness (QED) is 0.847. The molecule has 2 aromatic rings. The van der Waals surface area contributed by atoms with Gasteiger partial charge in [0.15, 0.2) is 5.78 Å². The van der Waals surface area contributed by atoms with Crippen LogP contribution < -0.4 is 9.47 Å². The molecule has 0 aliphatic heterocycles. The fourth-order valence-electron chi connectivity index (χ4n) is 3.04. The van der Waals surface area contributed by atoms with Crippen molar-refractivity contribution in [3.05, 3.63) is 65.7 Å². The highest BCUT2D eigenvalue weighted by Crippen LogP contribution is 2.39. The van der Waals surface area contributed by atoms with Gasteiger partial charge in [0, 0.05) is 12.3 Å². The van der Waals surface area contributed by atoms with Crippen molar-refractivity contribution in [1.29, 1.82) is 0 Å². The Hall–Kier alpha value is -2.55. The van der Waals surface area contributed by atoms with Gasteiger partial charge < -0.3 is 9.47 Å². The number of ether oxygens (including phenoxy) is 2.